The van der Waals surface area contributed by atoms with Crippen LogP contribution in [-0.2, 0) is 0 Å². The summed E-state index contributed by atoms with van der Waals surface area (Å²) in [5.41, 5.74) is 9.13. The number of rotatable bonds is 5. The first-order chi connectivity index (χ1) is 7.77. The number of benzene rings is 1. The molecule has 0 amide bonds. The molecule has 0 aromatic heterocycles. The van der Waals surface area contributed by atoms with Crippen LogP contribution in [0.3, 0.4) is 0 Å². The maximum absolute atomic E-state index is 10.6. The highest BCUT2D eigenvalue weighted by Gasteiger charge is 1.98. The maximum atomic E-state index is 10.6. The molecule has 16 heavy (non-hydrogen) atoms. The summed E-state index contributed by atoms with van der Waals surface area (Å²) in [6, 6.07) is 4.76. The Bertz CT molecular complexity index is 449. The first-order valence-electron chi connectivity index (χ1n) is 4.73. The standard InChI is InChI=1S/C11H11N3O2/c12-14-13-6-2-1-3-9-4-5-11(16)10(7-9)8-15/h1,3-5,7-8,16H,2,6H2. The quantitative estimate of drug-likeness (QED) is 0.270. The number of aromatic hydroxyl groups is 1. The fourth-order valence-corrected chi connectivity index (χ4v) is 1.17. The van der Waals surface area contributed by atoms with Crippen LogP contribution in [0, 0.1) is 0 Å². The monoisotopic (exact) mass is 217 g/mol. The Morgan fingerprint density at radius 2 is 2.31 bits per heavy atom. The third kappa shape index (κ3) is 3.48. The predicted molar refractivity (Wildman–Crippen MR) is 61.2 cm³/mol. The van der Waals surface area contributed by atoms with Crippen LogP contribution < -0.4 is 0 Å². The average Bonchev–Trinajstić information content (AvgIpc) is 2.31. The Morgan fingerprint density at radius 1 is 1.50 bits per heavy atom. The summed E-state index contributed by atoms with van der Waals surface area (Å²) >= 11 is 0. The van der Waals surface area contributed by atoms with Gasteiger partial charge in [0.15, 0.2) is 6.29 Å². The summed E-state index contributed by atoms with van der Waals surface area (Å²) in [7, 11) is 0. The van der Waals surface area contributed by atoms with Gasteiger partial charge in [0.25, 0.3) is 0 Å². The van der Waals surface area contributed by atoms with Crippen LogP contribution in [0.15, 0.2) is 29.4 Å². The van der Waals surface area contributed by atoms with Crippen LogP contribution in [-0.4, -0.2) is 17.9 Å². The van der Waals surface area contributed by atoms with Gasteiger partial charge in [-0.2, -0.15) is 0 Å². The van der Waals surface area contributed by atoms with Gasteiger partial charge in [-0.1, -0.05) is 23.3 Å². The zero-order valence-corrected chi connectivity index (χ0v) is 8.58. The van der Waals surface area contributed by atoms with Gasteiger partial charge in [0.05, 0.1) is 5.56 Å². The summed E-state index contributed by atoms with van der Waals surface area (Å²) in [5, 5.41) is 12.6. The first-order valence-corrected chi connectivity index (χ1v) is 4.73. The molecule has 1 aromatic rings. The lowest BCUT2D eigenvalue weighted by atomic mass is 10.1. The van der Waals surface area contributed by atoms with Gasteiger partial charge < -0.3 is 5.11 Å². The summed E-state index contributed by atoms with van der Waals surface area (Å²) < 4.78 is 0. The third-order valence-corrected chi connectivity index (χ3v) is 1.95. The highest BCUT2D eigenvalue weighted by molar-refractivity contribution is 5.80. The molecule has 0 saturated heterocycles. The van der Waals surface area contributed by atoms with Gasteiger partial charge in [0.1, 0.15) is 5.75 Å². The van der Waals surface area contributed by atoms with E-state index in [1.807, 2.05) is 6.08 Å². The lowest BCUT2D eigenvalue weighted by Crippen LogP contribution is -1.82. The van der Waals surface area contributed by atoms with Gasteiger partial charge >= 0.3 is 0 Å². The van der Waals surface area contributed by atoms with Crippen molar-refractivity contribution in [3.8, 4) is 5.75 Å². The average molecular weight is 217 g/mol. The van der Waals surface area contributed by atoms with E-state index in [1.54, 1.807) is 18.2 Å². The van der Waals surface area contributed by atoms with Gasteiger partial charge in [-0.15, -0.1) is 0 Å². The van der Waals surface area contributed by atoms with Crippen molar-refractivity contribution in [1.29, 1.82) is 0 Å². The number of hydrogen-bond acceptors (Lipinski definition) is 3. The molecule has 1 aromatic carbocycles. The van der Waals surface area contributed by atoms with E-state index in [0.717, 1.165) is 5.56 Å². The maximum Gasteiger partial charge on any atom is 0.153 e. The molecule has 1 N–H and O–H groups in total. The highest BCUT2D eigenvalue weighted by Crippen LogP contribution is 2.17. The number of phenols is 1. The van der Waals surface area contributed by atoms with Crippen molar-refractivity contribution < 1.29 is 9.90 Å². The van der Waals surface area contributed by atoms with E-state index in [-0.39, 0.29) is 11.3 Å². The second kappa shape index (κ2) is 6.27. The molecular weight excluding hydrogens is 206 g/mol. The molecule has 0 aliphatic carbocycles. The van der Waals surface area contributed by atoms with Crippen molar-refractivity contribution in [2.75, 3.05) is 6.54 Å². The topological polar surface area (TPSA) is 86.1 Å². The molecule has 0 unspecified atom stereocenters. The number of carbonyl (C=O) groups excluding carboxylic acids is 1. The van der Waals surface area contributed by atoms with E-state index < -0.39 is 0 Å². The lowest BCUT2D eigenvalue weighted by Gasteiger charge is -1.98. The zero-order valence-electron chi connectivity index (χ0n) is 8.58. The van der Waals surface area contributed by atoms with E-state index >= 15 is 0 Å². The fourth-order valence-electron chi connectivity index (χ4n) is 1.17. The molecule has 0 heterocycles. The minimum absolute atomic E-state index is 0.0266. The Kier molecular flexibility index (Phi) is 4.63. The summed E-state index contributed by atoms with van der Waals surface area (Å²) in [6.45, 7) is 0.408. The molecule has 0 aliphatic rings. The van der Waals surface area contributed by atoms with Crippen molar-refractivity contribution in [2.45, 2.75) is 6.42 Å². The molecule has 0 spiro atoms. The van der Waals surface area contributed by atoms with E-state index in [1.165, 1.54) is 6.07 Å². The molecule has 82 valence electrons. The Balaban J connectivity index is 2.66. The highest BCUT2D eigenvalue weighted by atomic mass is 16.3. The molecule has 0 fully saturated rings. The lowest BCUT2D eigenvalue weighted by molar-refractivity contribution is 0.112. The van der Waals surface area contributed by atoms with Crippen molar-refractivity contribution >= 4 is 12.4 Å². The number of nitrogens with zero attached hydrogens (tertiary/aromatic N) is 3. The number of carbonyl (C=O) groups is 1. The number of phenolic OH excluding ortho intramolecular Hbond substituents is 1. The van der Waals surface area contributed by atoms with Crippen molar-refractivity contribution in [3.05, 3.63) is 45.8 Å². The number of aldehydes is 1. The van der Waals surface area contributed by atoms with Crippen LogP contribution in [0.25, 0.3) is 16.5 Å². The van der Waals surface area contributed by atoms with Gasteiger partial charge in [-0.3, -0.25) is 4.79 Å². The molecule has 1 rings (SSSR count). The number of hydrogen-bond donors (Lipinski definition) is 1. The second-order valence-electron chi connectivity index (χ2n) is 3.08. The van der Waals surface area contributed by atoms with Crippen molar-refractivity contribution in [1.82, 2.24) is 0 Å². The van der Waals surface area contributed by atoms with Crippen molar-refractivity contribution in [3.63, 3.8) is 0 Å². The zero-order chi connectivity index (χ0) is 11.8. The van der Waals surface area contributed by atoms with E-state index in [0.29, 0.717) is 19.3 Å². The van der Waals surface area contributed by atoms with Gasteiger partial charge in [0.2, 0.25) is 0 Å². The minimum Gasteiger partial charge on any atom is -0.507 e. The van der Waals surface area contributed by atoms with Crippen LogP contribution in [0.5, 0.6) is 5.75 Å². The van der Waals surface area contributed by atoms with Crippen LogP contribution in [0.2, 0.25) is 0 Å². The molecule has 5 heteroatoms. The Labute approximate surface area is 92.7 Å². The van der Waals surface area contributed by atoms with Gasteiger partial charge in [-0.05, 0) is 29.6 Å². The summed E-state index contributed by atoms with van der Waals surface area (Å²) in [4.78, 5) is 13.2. The van der Waals surface area contributed by atoms with Crippen molar-refractivity contribution in [2.24, 2.45) is 5.11 Å². The Hall–Kier alpha value is -2.26. The molecule has 0 atom stereocenters. The largest absolute Gasteiger partial charge is 0.507 e. The molecule has 0 aliphatic heterocycles. The molecule has 0 saturated carbocycles. The van der Waals surface area contributed by atoms with Gasteiger partial charge in [-0.25, -0.2) is 0 Å². The number of azide groups is 1. The normalized spacial score (nSPS) is 10.0. The van der Waals surface area contributed by atoms with E-state index in [9.17, 15) is 9.90 Å². The van der Waals surface area contributed by atoms with E-state index in [4.69, 9.17) is 5.53 Å². The predicted octanol–water partition coefficient (Wildman–Crippen LogP) is 2.92. The fraction of sp³-hybridized carbons (Fsp3) is 0.182. The minimum atomic E-state index is -0.0266. The van der Waals surface area contributed by atoms with Crippen LogP contribution >= 0.6 is 0 Å². The van der Waals surface area contributed by atoms with E-state index in [2.05, 4.69) is 10.0 Å². The summed E-state index contributed by atoms with van der Waals surface area (Å²) in [6.07, 6.45) is 4.89. The van der Waals surface area contributed by atoms with Gasteiger partial charge in [0, 0.05) is 11.5 Å². The first kappa shape index (κ1) is 11.8. The molecule has 0 radical (unpaired) electrons. The summed E-state index contributed by atoms with van der Waals surface area (Å²) in [5.74, 6) is -0.0266. The van der Waals surface area contributed by atoms with Crippen LogP contribution in [0.1, 0.15) is 22.3 Å². The smallest absolute Gasteiger partial charge is 0.153 e. The molecular formula is C11H11N3O2. The third-order valence-electron chi connectivity index (χ3n) is 1.95. The SMILES string of the molecule is [N-]=[N+]=NCCC=Cc1ccc(O)c(C=O)c1. The van der Waals surface area contributed by atoms with Crippen LogP contribution in [0.4, 0.5) is 0 Å². The second-order valence-corrected chi connectivity index (χ2v) is 3.08. The molecule has 5 nitrogen and oxygen atoms in total. The molecule has 0 bridgehead atoms. The Morgan fingerprint density at radius 3 is 3.00 bits per heavy atom.